The predicted octanol–water partition coefficient (Wildman–Crippen LogP) is 2.58. The van der Waals surface area contributed by atoms with Gasteiger partial charge in [-0.2, -0.15) is 0 Å². The van der Waals surface area contributed by atoms with Crippen LogP contribution >= 0.6 is 18.9 Å². The summed E-state index contributed by atoms with van der Waals surface area (Å²) in [5, 5.41) is 1.04. The molecule has 0 radical (unpaired) electrons. The first-order valence-electron chi connectivity index (χ1n) is 4.07. The van der Waals surface area contributed by atoms with Gasteiger partial charge < -0.3 is 9.79 Å². The first-order valence-corrected chi connectivity index (χ1v) is 6.68. The normalized spacial score (nSPS) is 12.1. The molecular weight excluding hydrogens is 219 g/mol. The largest absolute Gasteiger partial charge is 0.330 e. The maximum absolute atomic E-state index is 10.8. The molecule has 0 amide bonds. The Bertz CT molecular complexity index is 466. The third kappa shape index (κ3) is 2.22. The van der Waals surface area contributed by atoms with E-state index in [1.807, 2.05) is 30.3 Å². The third-order valence-electron chi connectivity index (χ3n) is 1.84. The van der Waals surface area contributed by atoms with Crippen LogP contribution in [0, 0.1) is 0 Å². The minimum Gasteiger partial charge on any atom is -0.324 e. The Hall–Kier alpha value is -0.670. The highest BCUT2D eigenvalue weighted by atomic mass is 32.1. The average Bonchev–Trinajstić information content (AvgIpc) is 2.42. The molecule has 1 heterocycles. The zero-order valence-corrected chi connectivity index (χ0v) is 8.96. The van der Waals surface area contributed by atoms with Gasteiger partial charge in [0, 0.05) is 9.58 Å². The fraction of sp³-hybridized carbons (Fsp3) is 0.111. The van der Waals surface area contributed by atoms with E-state index in [1.54, 1.807) is 0 Å². The van der Waals surface area contributed by atoms with E-state index in [0.717, 1.165) is 15.0 Å². The van der Waals surface area contributed by atoms with Gasteiger partial charge in [0.15, 0.2) is 0 Å². The first-order chi connectivity index (χ1) is 6.54. The lowest BCUT2D eigenvalue weighted by Gasteiger charge is -1.98. The first kappa shape index (κ1) is 9.87. The van der Waals surface area contributed by atoms with E-state index in [9.17, 15) is 4.57 Å². The topological polar surface area (TPSA) is 57.5 Å². The SMILES string of the molecule is O=P(O)(O)Cc1cc2ccccc2s1. The van der Waals surface area contributed by atoms with E-state index in [4.69, 9.17) is 9.79 Å². The smallest absolute Gasteiger partial charge is 0.324 e. The van der Waals surface area contributed by atoms with Gasteiger partial charge in [0.25, 0.3) is 0 Å². The van der Waals surface area contributed by atoms with Crippen LogP contribution in [0.5, 0.6) is 0 Å². The Balaban J connectivity index is 2.41. The lowest BCUT2D eigenvalue weighted by molar-refractivity contribution is 0.372. The Labute approximate surface area is 85.2 Å². The zero-order valence-electron chi connectivity index (χ0n) is 7.25. The number of rotatable bonds is 2. The molecule has 74 valence electrons. The third-order valence-corrected chi connectivity index (χ3v) is 3.92. The van der Waals surface area contributed by atoms with Gasteiger partial charge >= 0.3 is 7.60 Å². The van der Waals surface area contributed by atoms with Crippen molar-refractivity contribution in [1.29, 1.82) is 0 Å². The fourth-order valence-corrected chi connectivity index (χ4v) is 3.44. The second kappa shape index (κ2) is 3.48. The van der Waals surface area contributed by atoms with Crippen LogP contribution in [0.4, 0.5) is 0 Å². The van der Waals surface area contributed by atoms with E-state index < -0.39 is 7.60 Å². The standard InChI is InChI=1S/C9H9O3PS/c10-13(11,12)6-8-5-7-3-1-2-4-9(7)14-8/h1-5H,6H2,(H2,10,11,12). The van der Waals surface area contributed by atoms with Gasteiger partial charge in [0.2, 0.25) is 0 Å². The van der Waals surface area contributed by atoms with Crippen molar-refractivity contribution in [3.8, 4) is 0 Å². The molecule has 0 atom stereocenters. The minimum absolute atomic E-state index is 0.160. The number of thiophene rings is 1. The van der Waals surface area contributed by atoms with E-state index in [1.165, 1.54) is 11.3 Å². The van der Waals surface area contributed by atoms with Crippen molar-refractivity contribution < 1.29 is 14.4 Å². The minimum atomic E-state index is -3.93. The van der Waals surface area contributed by atoms with Gasteiger partial charge in [0.05, 0.1) is 6.16 Å². The van der Waals surface area contributed by atoms with Crippen LogP contribution in [-0.2, 0) is 10.7 Å². The second-order valence-corrected chi connectivity index (χ2v) is 5.89. The number of hydrogen-bond acceptors (Lipinski definition) is 2. The van der Waals surface area contributed by atoms with Crippen molar-refractivity contribution in [2.24, 2.45) is 0 Å². The maximum atomic E-state index is 10.8. The van der Waals surface area contributed by atoms with Crippen molar-refractivity contribution >= 4 is 29.0 Å². The van der Waals surface area contributed by atoms with E-state index >= 15 is 0 Å². The van der Waals surface area contributed by atoms with Crippen molar-refractivity contribution in [2.45, 2.75) is 6.16 Å². The van der Waals surface area contributed by atoms with Crippen LogP contribution in [0.25, 0.3) is 10.1 Å². The molecule has 0 spiro atoms. The summed E-state index contributed by atoms with van der Waals surface area (Å²) >= 11 is 1.43. The summed E-state index contributed by atoms with van der Waals surface area (Å²) in [6, 6.07) is 9.55. The molecule has 1 aromatic heterocycles. The molecule has 14 heavy (non-hydrogen) atoms. The number of fused-ring (bicyclic) bond motifs is 1. The zero-order chi connectivity index (χ0) is 10.2. The van der Waals surface area contributed by atoms with E-state index in [2.05, 4.69) is 0 Å². The highest BCUT2D eigenvalue weighted by Crippen LogP contribution is 2.42. The van der Waals surface area contributed by atoms with Crippen LogP contribution in [0.3, 0.4) is 0 Å². The van der Waals surface area contributed by atoms with E-state index in [-0.39, 0.29) is 6.16 Å². The summed E-state index contributed by atoms with van der Waals surface area (Å²) in [5.41, 5.74) is 0. The molecule has 1 aromatic carbocycles. The lowest BCUT2D eigenvalue weighted by atomic mass is 10.2. The summed E-state index contributed by atoms with van der Waals surface area (Å²) in [4.78, 5) is 18.4. The molecule has 0 bridgehead atoms. The number of hydrogen-bond donors (Lipinski definition) is 2. The van der Waals surface area contributed by atoms with Gasteiger partial charge in [-0.15, -0.1) is 11.3 Å². The average molecular weight is 228 g/mol. The van der Waals surface area contributed by atoms with Gasteiger partial charge in [-0.3, -0.25) is 4.57 Å². The summed E-state index contributed by atoms with van der Waals surface area (Å²) in [6.45, 7) is 0. The Kier molecular flexibility index (Phi) is 2.45. The molecule has 3 nitrogen and oxygen atoms in total. The molecule has 0 unspecified atom stereocenters. The molecule has 2 rings (SSSR count). The molecule has 0 fully saturated rings. The second-order valence-electron chi connectivity index (χ2n) is 3.07. The van der Waals surface area contributed by atoms with Crippen molar-refractivity contribution in [2.75, 3.05) is 0 Å². The molecule has 0 aliphatic rings. The summed E-state index contributed by atoms with van der Waals surface area (Å²) < 4.78 is 11.8. The molecule has 2 N–H and O–H groups in total. The van der Waals surface area contributed by atoms with Gasteiger partial charge in [-0.05, 0) is 17.5 Å². The van der Waals surface area contributed by atoms with Crippen molar-refractivity contribution in [3.63, 3.8) is 0 Å². The quantitative estimate of drug-likeness (QED) is 0.776. The van der Waals surface area contributed by atoms with Crippen molar-refractivity contribution in [3.05, 3.63) is 35.2 Å². The van der Waals surface area contributed by atoms with Crippen LogP contribution in [0.15, 0.2) is 30.3 Å². The van der Waals surface area contributed by atoms with Crippen LogP contribution in [0.1, 0.15) is 4.88 Å². The van der Waals surface area contributed by atoms with Crippen LogP contribution < -0.4 is 0 Å². The summed E-state index contributed by atoms with van der Waals surface area (Å²) in [6.07, 6.45) is -0.160. The van der Waals surface area contributed by atoms with Crippen molar-refractivity contribution in [1.82, 2.24) is 0 Å². The molecule has 0 aliphatic heterocycles. The lowest BCUT2D eigenvalue weighted by Crippen LogP contribution is -1.81. The highest BCUT2D eigenvalue weighted by Gasteiger charge is 2.15. The Morgan fingerprint density at radius 3 is 2.64 bits per heavy atom. The summed E-state index contributed by atoms with van der Waals surface area (Å²) in [7, 11) is -3.93. The molecular formula is C9H9O3PS. The molecule has 0 aliphatic carbocycles. The Morgan fingerprint density at radius 1 is 1.29 bits per heavy atom. The maximum Gasteiger partial charge on any atom is 0.330 e. The predicted molar refractivity (Wildman–Crippen MR) is 57.6 cm³/mol. The highest BCUT2D eigenvalue weighted by molar-refractivity contribution is 7.51. The van der Waals surface area contributed by atoms with E-state index in [0.29, 0.717) is 0 Å². The van der Waals surface area contributed by atoms with Crippen LogP contribution in [-0.4, -0.2) is 9.79 Å². The molecule has 5 heteroatoms. The van der Waals surface area contributed by atoms with Gasteiger partial charge in [-0.1, -0.05) is 18.2 Å². The molecule has 0 saturated heterocycles. The van der Waals surface area contributed by atoms with Gasteiger partial charge in [0.1, 0.15) is 0 Å². The van der Waals surface area contributed by atoms with Crippen LogP contribution in [0.2, 0.25) is 0 Å². The van der Waals surface area contributed by atoms with Gasteiger partial charge in [-0.25, -0.2) is 0 Å². The molecule has 2 aromatic rings. The fourth-order valence-electron chi connectivity index (χ4n) is 1.32. The number of benzene rings is 1. The summed E-state index contributed by atoms with van der Waals surface area (Å²) in [5.74, 6) is 0. The monoisotopic (exact) mass is 228 g/mol. The Morgan fingerprint density at radius 2 is 2.00 bits per heavy atom. The molecule has 0 saturated carbocycles.